The molecule has 1 amide bonds. The van der Waals surface area contributed by atoms with Gasteiger partial charge in [-0.2, -0.15) is 0 Å². The minimum Gasteiger partial charge on any atom is -0.479 e. The summed E-state index contributed by atoms with van der Waals surface area (Å²) in [5.41, 5.74) is -1.09. The maximum Gasteiger partial charge on any atom is 0.329 e. The van der Waals surface area contributed by atoms with Crippen LogP contribution in [0.2, 0.25) is 0 Å². The van der Waals surface area contributed by atoms with Crippen LogP contribution in [0.4, 0.5) is 0 Å². The van der Waals surface area contributed by atoms with Gasteiger partial charge in [0, 0.05) is 13.1 Å². The average Bonchev–Trinajstić information content (AvgIpc) is 3.24. The van der Waals surface area contributed by atoms with Gasteiger partial charge in [-0.3, -0.25) is 4.79 Å². The largest absolute Gasteiger partial charge is 0.479 e. The van der Waals surface area contributed by atoms with E-state index < -0.39 is 17.4 Å². The first-order chi connectivity index (χ1) is 11.0. The number of hydrogen-bond donors (Lipinski definition) is 1. The molecule has 3 rings (SSSR count). The minimum atomic E-state index is -1.17. The lowest BCUT2D eigenvalue weighted by Gasteiger charge is -2.40. The summed E-state index contributed by atoms with van der Waals surface area (Å²) in [6.07, 6.45) is 4.97. The van der Waals surface area contributed by atoms with Crippen LogP contribution in [0.3, 0.4) is 0 Å². The van der Waals surface area contributed by atoms with Gasteiger partial charge in [0.15, 0.2) is 11.5 Å². The first-order valence-electron chi connectivity index (χ1n) is 7.57. The van der Waals surface area contributed by atoms with E-state index in [0.717, 1.165) is 19.3 Å². The lowest BCUT2D eigenvalue weighted by molar-refractivity contribution is -0.151. The molecule has 1 fully saturated rings. The lowest BCUT2D eigenvalue weighted by Crippen LogP contribution is -2.56. The normalized spacial score (nSPS) is 16.9. The number of nitrogens with zero attached hydrogens (tertiary/aromatic N) is 2. The predicted octanol–water partition coefficient (Wildman–Crippen LogP) is 2.79. The summed E-state index contributed by atoms with van der Waals surface area (Å²) in [5, 5.41) is 13.4. The molecule has 0 aromatic carbocycles. The van der Waals surface area contributed by atoms with Crippen LogP contribution in [0.5, 0.6) is 0 Å². The Labute approximate surface area is 132 Å². The van der Waals surface area contributed by atoms with E-state index in [0.29, 0.717) is 24.4 Å². The van der Waals surface area contributed by atoms with Crippen molar-refractivity contribution in [2.24, 2.45) is 0 Å². The molecule has 23 heavy (non-hydrogen) atoms. The zero-order valence-corrected chi connectivity index (χ0v) is 12.8. The van der Waals surface area contributed by atoms with Gasteiger partial charge in [0.05, 0.1) is 6.26 Å². The fourth-order valence-corrected chi connectivity index (χ4v) is 3.11. The second kappa shape index (κ2) is 5.91. The molecule has 0 spiro atoms. The molecule has 0 saturated heterocycles. The summed E-state index contributed by atoms with van der Waals surface area (Å²) in [5.74, 6) is -0.636. The summed E-state index contributed by atoms with van der Waals surface area (Å²) in [6, 6.07) is 4.86. The third-order valence-electron chi connectivity index (χ3n) is 4.52. The van der Waals surface area contributed by atoms with Crippen LogP contribution in [-0.4, -0.2) is 39.6 Å². The van der Waals surface area contributed by atoms with E-state index in [1.807, 2.05) is 0 Å². The number of likely N-dealkylation sites (N-methyl/N-ethyl adjacent to an activating group) is 1. The average molecular weight is 318 g/mol. The summed E-state index contributed by atoms with van der Waals surface area (Å²) in [7, 11) is 1.52. The van der Waals surface area contributed by atoms with Crippen LogP contribution >= 0.6 is 0 Å². The van der Waals surface area contributed by atoms with Crippen molar-refractivity contribution in [3.8, 4) is 11.5 Å². The number of hydrogen-bond acceptors (Lipinski definition) is 5. The quantitative estimate of drug-likeness (QED) is 0.931. The highest BCUT2D eigenvalue weighted by molar-refractivity contribution is 5.96. The number of aromatic nitrogens is 1. The monoisotopic (exact) mass is 318 g/mol. The summed E-state index contributed by atoms with van der Waals surface area (Å²) in [6.45, 7) is 0. The summed E-state index contributed by atoms with van der Waals surface area (Å²) in [4.78, 5) is 25.7. The van der Waals surface area contributed by atoms with Gasteiger partial charge in [-0.25, -0.2) is 4.79 Å². The molecule has 122 valence electrons. The molecule has 0 radical (unpaired) electrons. The Morgan fingerprint density at radius 2 is 2.00 bits per heavy atom. The maximum absolute atomic E-state index is 12.6. The van der Waals surface area contributed by atoms with Crippen molar-refractivity contribution >= 4 is 11.9 Å². The van der Waals surface area contributed by atoms with Gasteiger partial charge in [0.25, 0.3) is 5.91 Å². The first-order valence-corrected chi connectivity index (χ1v) is 7.57. The molecule has 1 N–H and O–H groups in total. The Hall–Kier alpha value is -2.57. The van der Waals surface area contributed by atoms with Crippen molar-refractivity contribution in [2.75, 3.05) is 7.05 Å². The third-order valence-corrected chi connectivity index (χ3v) is 4.52. The van der Waals surface area contributed by atoms with E-state index in [9.17, 15) is 14.7 Å². The molecule has 7 nitrogen and oxygen atoms in total. The van der Waals surface area contributed by atoms with Crippen LogP contribution in [0.25, 0.3) is 11.5 Å². The smallest absolute Gasteiger partial charge is 0.329 e. The molecule has 0 aliphatic heterocycles. The molecule has 2 aromatic heterocycles. The van der Waals surface area contributed by atoms with Crippen LogP contribution in [-0.2, 0) is 4.79 Å². The number of carbonyl (C=O) groups is 2. The minimum absolute atomic E-state index is 0.0742. The highest BCUT2D eigenvalue weighted by Gasteiger charge is 2.46. The first kappa shape index (κ1) is 15.3. The Bertz CT molecular complexity index is 698. The molecule has 7 heteroatoms. The van der Waals surface area contributed by atoms with Crippen LogP contribution in [0.1, 0.15) is 42.6 Å². The maximum atomic E-state index is 12.6. The van der Waals surface area contributed by atoms with Gasteiger partial charge in [-0.15, -0.1) is 0 Å². The van der Waals surface area contributed by atoms with Crippen LogP contribution < -0.4 is 0 Å². The van der Waals surface area contributed by atoms with Crippen molar-refractivity contribution in [1.82, 2.24) is 10.1 Å². The van der Waals surface area contributed by atoms with Crippen molar-refractivity contribution in [1.29, 1.82) is 0 Å². The fraction of sp³-hybridized carbons (Fsp3) is 0.438. The Balaban J connectivity index is 1.85. The van der Waals surface area contributed by atoms with Crippen molar-refractivity contribution in [3.05, 3.63) is 30.2 Å². The van der Waals surface area contributed by atoms with Gasteiger partial charge in [0.1, 0.15) is 5.54 Å². The number of carbonyl (C=O) groups excluding carboxylic acids is 1. The summed E-state index contributed by atoms with van der Waals surface area (Å²) >= 11 is 0. The standard InChI is InChI=1S/C16H18N2O5/c1-18(16(15(20)21)7-3-2-4-8-16)14(19)11-10-13(23-17-11)12-6-5-9-22-12/h5-6,9-10H,2-4,7-8H2,1H3,(H,20,21). The molecular weight excluding hydrogens is 300 g/mol. The highest BCUT2D eigenvalue weighted by Crippen LogP contribution is 2.34. The molecule has 0 bridgehead atoms. The third kappa shape index (κ3) is 2.62. The van der Waals surface area contributed by atoms with E-state index in [4.69, 9.17) is 8.94 Å². The van der Waals surface area contributed by atoms with E-state index in [-0.39, 0.29) is 5.69 Å². The fourth-order valence-electron chi connectivity index (χ4n) is 3.11. The molecule has 2 heterocycles. The molecule has 1 saturated carbocycles. The zero-order valence-electron chi connectivity index (χ0n) is 12.8. The van der Waals surface area contributed by atoms with Gasteiger partial charge in [-0.05, 0) is 25.0 Å². The molecule has 0 unspecified atom stereocenters. The predicted molar refractivity (Wildman–Crippen MR) is 79.8 cm³/mol. The lowest BCUT2D eigenvalue weighted by atomic mass is 9.80. The van der Waals surface area contributed by atoms with Crippen LogP contribution in [0.15, 0.2) is 33.4 Å². The van der Waals surface area contributed by atoms with Gasteiger partial charge >= 0.3 is 5.97 Å². The van der Waals surface area contributed by atoms with E-state index >= 15 is 0 Å². The van der Waals surface area contributed by atoms with Crippen molar-refractivity contribution in [3.63, 3.8) is 0 Å². The number of carboxylic acids is 1. The van der Waals surface area contributed by atoms with Crippen LogP contribution in [0, 0.1) is 0 Å². The second-order valence-corrected chi connectivity index (χ2v) is 5.82. The van der Waals surface area contributed by atoms with E-state index in [2.05, 4.69) is 5.16 Å². The molecule has 2 aromatic rings. The Morgan fingerprint density at radius 1 is 1.26 bits per heavy atom. The number of amides is 1. The SMILES string of the molecule is CN(C(=O)c1cc(-c2ccco2)on1)C1(C(=O)O)CCCCC1. The number of carboxylic acid groups (broad SMARTS) is 1. The van der Waals surface area contributed by atoms with Gasteiger partial charge in [0.2, 0.25) is 5.76 Å². The highest BCUT2D eigenvalue weighted by atomic mass is 16.5. The summed E-state index contributed by atoms with van der Waals surface area (Å²) < 4.78 is 10.3. The molecule has 0 atom stereocenters. The molecule has 1 aliphatic carbocycles. The van der Waals surface area contributed by atoms with Crippen molar-refractivity contribution in [2.45, 2.75) is 37.6 Å². The molecule has 1 aliphatic rings. The molecular formula is C16H18N2O5. The topological polar surface area (TPSA) is 96.8 Å². The Morgan fingerprint density at radius 3 is 2.61 bits per heavy atom. The zero-order chi connectivity index (χ0) is 16.4. The number of rotatable bonds is 4. The van der Waals surface area contributed by atoms with Crippen molar-refractivity contribution < 1.29 is 23.6 Å². The van der Waals surface area contributed by atoms with E-state index in [1.165, 1.54) is 24.3 Å². The number of furan rings is 1. The van der Waals surface area contributed by atoms with Gasteiger partial charge in [-0.1, -0.05) is 24.4 Å². The van der Waals surface area contributed by atoms with Gasteiger partial charge < -0.3 is 18.9 Å². The second-order valence-electron chi connectivity index (χ2n) is 5.82. The Kier molecular flexibility index (Phi) is 3.94. The number of aliphatic carboxylic acids is 1. The van der Waals surface area contributed by atoms with E-state index in [1.54, 1.807) is 12.1 Å².